The van der Waals surface area contributed by atoms with E-state index in [0.29, 0.717) is 18.0 Å². The van der Waals surface area contributed by atoms with E-state index in [1.54, 1.807) is 18.2 Å². The lowest BCUT2D eigenvalue weighted by Gasteiger charge is -2.11. The number of ether oxygens (including phenoxy) is 1. The number of carbonyl (C=O) groups excluding carboxylic acids is 2. The van der Waals surface area contributed by atoms with Gasteiger partial charge in [-0.15, -0.1) is 0 Å². The topological polar surface area (TPSA) is 55.4 Å². The molecule has 4 nitrogen and oxygen atoms in total. The molecule has 0 spiro atoms. The molecule has 0 aromatic heterocycles. The predicted octanol–water partition coefficient (Wildman–Crippen LogP) is 3.40. The fraction of sp³-hybridized carbons (Fsp3) is 0.263. The molecule has 23 heavy (non-hydrogen) atoms. The highest BCUT2D eigenvalue weighted by atomic mass is 16.5. The summed E-state index contributed by atoms with van der Waals surface area (Å²) in [5, 5.41) is 2.64. The zero-order chi connectivity index (χ0) is 16.7. The van der Waals surface area contributed by atoms with Crippen LogP contribution in [0, 0.1) is 0 Å². The molecule has 0 aliphatic carbocycles. The second kappa shape index (κ2) is 8.13. The van der Waals surface area contributed by atoms with Gasteiger partial charge in [-0.25, -0.2) is 0 Å². The van der Waals surface area contributed by atoms with Crippen molar-refractivity contribution < 1.29 is 14.3 Å². The molecule has 0 saturated carbocycles. The van der Waals surface area contributed by atoms with E-state index < -0.39 is 11.7 Å². The maximum atomic E-state index is 12.2. The molecule has 2 rings (SSSR count). The van der Waals surface area contributed by atoms with Crippen molar-refractivity contribution >= 4 is 17.4 Å². The van der Waals surface area contributed by atoms with Crippen LogP contribution in [0.25, 0.3) is 0 Å². The molecule has 1 N–H and O–H groups in total. The summed E-state index contributed by atoms with van der Waals surface area (Å²) in [4.78, 5) is 24.4. The number of Topliss-reactive ketones (excluding diaryl/α,β-unsaturated/α-hetero) is 1. The number of aryl methyl sites for hydroxylation is 1. The number of rotatable bonds is 7. The standard InChI is InChI=1S/C19H21NO3/c1-3-14-9-5-6-10-15(14)13-17(21)19(22)20-16-11-7-8-12-18(16)23-4-2/h5-12H,3-4,13H2,1-2H3,(H,20,22). The Morgan fingerprint density at radius 1 is 0.957 bits per heavy atom. The van der Waals surface area contributed by atoms with Gasteiger partial charge in [-0.1, -0.05) is 43.3 Å². The minimum absolute atomic E-state index is 0.104. The molecule has 0 heterocycles. The lowest BCUT2D eigenvalue weighted by molar-refractivity contribution is -0.134. The molecular formula is C19H21NO3. The number of benzene rings is 2. The van der Waals surface area contributed by atoms with Crippen LogP contribution in [0.4, 0.5) is 5.69 Å². The van der Waals surface area contributed by atoms with Crippen molar-refractivity contribution in [3.8, 4) is 5.75 Å². The Morgan fingerprint density at radius 3 is 2.30 bits per heavy atom. The second-order valence-electron chi connectivity index (χ2n) is 5.11. The first-order valence-corrected chi connectivity index (χ1v) is 7.78. The number of nitrogens with one attached hydrogen (secondary N) is 1. The van der Waals surface area contributed by atoms with Crippen molar-refractivity contribution in [3.05, 3.63) is 59.7 Å². The van der Waals surface area contributed by atoms with E-state index >= 15 is 0 Å². The van der Waals surface area contributed by atoms with Gasteiger partial charge < -0.3 is 10.1 Å². The lowest BCUT2D eigenvalue weighted by atomic mass is 10.0. The van der Waals surface area contributed by atoms with Gasteiger partial charge >= 0.3 is 0 Å². The van der Waals surface area contributed by atoms with Gasteiger partial charge in [-0.05, 0) is 36.6 Å². The molecule has 0 radical (unpaired) electrons. The molecule has 120 valence electrons. The van der Waals surface area contributed by atoms with Crippen LogP contribution in [0.1, 0.15) is 25.0 Å². The summed E-state index contributed by atoms with van der Waals surface area (Å²) in [7, 11) is 0. The van der Waals surface area contributed by atoms with Crippen LogP contribution >= 0.6 is 0 Å². The van der Waals surface area contributed by atoms with Crippen LogP contribution < -0.4 is 10.1 Å². The van der Waals surface area contributed by atoms with E-state index in [1.807, 2.05) is 44.2 Å². The van der Waals surface area contributed by atoms with Gasteiger partial charge in [0, 0.05) is 6.42 Å². The lowest BCUT2D eigenvalue weighted by Crippen LogP contribution is -2.25. The third kappa shape index (κ3) is 4.42. The Kier molecular flexibility index (Phi) is 5.92. The average molecular weight is 311 g/mol. The van der Waals surface area contributed by atoms with Gasteiger partial charge in [0.2, 0.25) is 5.78 Å². The summed E-state index contributed by atoms with van der Waals surface area (Å²) in [6, 6.07) is 14.8. The molecule has 2 aromatic rings. The van der Waals surface area contributed by atoms with Crippen molar-refractivity contribution in [1.82, 2.24) is 0 Å². The summed E-state index contributed by atoms with van der Waals surface area (Å²) in [6.07, 6.45) is 0.935. The first kappa shape index (κ1) is 16.7. The fourth-order valence-electron chi connectivity index (χ4n) is 2.37. The molecule has 0 atom stereocenters. The van der Waals surface area contributed by atoms with Crippen molar-refractivity contribution in [3.63, 3.8) is 0 Å². The van der Waals surface area contributed by atoms with Gasteiger partial charge in [-0.2, -0.15) is 0 Å². The molecular weight excluding hydrogens is 290 g/mol. The van der Waals surface area contributed by atoms with Gasteiger partial charge in [0.05, 0.1) is 12.3 Å². The van der Waals surface area contributed by atoms with Gasteiger partial charge in [0.25, 0.3) is 5.91 Å². The number of amides is 1. The van der Waals surface area contributed by atoms with Crippen molar-refractivity contribution in [2.45, 2.75) is 26.7 Å². The first-order valence-electron chi connectivity index (χ1n) is 7.78. The van der Waals surface area contributed by atoms with Crippen molar-refractivity contribution in [1.29, 1.82) is 0 Å². The zero-order valence-corrected chi connectivity index (χ0v) is 13.5. The van der Waals surface area contributed by atoms with Crippen LogP contribution in [0.15, 0.2) is 48.5 Å². The highest BCUT2D eigenvalue weighted by Gasteiger charge is 2.17. The van der Waals surface area contributed by atoms with Crippen molar-refractivity contribution in [2.75, 3.05) is 11.9 Å². The number of ketones is 1. The Hall–Kier alpha value is -2.62. The summed E-state index contributed by atoms with van der Waals surface area (Å²) >= 11 is 0. The SMILES string of the molecule is CCOc1ccccc1NC(=O)C(=O)Cc1ccccc1CC. The smallest absolute Gasteiger partial charge is 0.292 e. The Morgan fingerprint density at radius 2 is 1.61 bits per heavy atom. The second-order valence-corrected chi connectivity index (χ2v) is 5.11. The van der Waals surface area contributed by atoms with E-state index in [4.69, 9.17) is 4.74 Å². The summed E-state index contributed by atoms with van der Waals surface area (Å²) in [5.74, 6) is -0.523. The number of para-hydroxylation sites is 2. The zero-order valence-electron chi connectivity index (χ0n) is 13.5. The molecule has 0 unspecified atom stereocenters. The van der Waals surface area contributed by atoms with Crippen LogP contribution in [0.5, 0.6) is 5.75 Å². The highest BCUT2D eigenvalue weighted by Crippen LogP contribution is 2.23. The molecule has 2 aromatic carbocycles. The molecule has 0 fully saturated rings. The Bertz CT molecular complexity index is 695. The minimum atomic E-state index is -0.622. The van der Waals surface area contributed by atoms with Gasteiger partial charge in [0.15, 0.2) is 0 Å². The Labute approximate surface area is 136 Å². The number of carbonyl (C=O) groups is 2. The third-order valence-electron chi connectivity index (χ3n) is 3.54. The van der Waals surface area contributed by atoms with E-state index in [0.717, 1.165) is 17.5 Å². The maximum Gasteiger partial charge on any atom is 0.292 e. The monoisotopic (exact) mass is 311 g/mol. The van der Waals surface area contributed by atoms with Crippen LogP contribution in [0.3, 0.4) is 0 Å². The van der Waals surface area contributed by atoms with Crippen LogP contribution in [-0.2, 0) is 22.4 Å². The van der Waals surface area contributed by atoms with E-state index in [9.17, 15) is 9.59 Å². The molecule has 4 heteroatoms. The highest BCUT2D eigenvalue weighted by molar-refractivity contribution is 6.41. The van der Waals surface area contributed by atoms with Crippen LogP contribution in [-0.4, -0.2) is 18.3 Å². The minimum Gasteiger partial charge on any atom is -0.492 e. The fourth-order valence-corrected chi connectivity index (χ4v) is 2.37. The van der Waals surface area contributed by atoms with E-state index in [-0.39, 0.29) is 6.42 Å². The number of anilines is 1. The van der Waals surface area contributed by atoms with E-state index in [2.05, 4.69) is 5.32 Å². The summed E-state index contributed by atoms with van der Waals surface area (Å²) < 4.78 is 5.45. The molecule has 1 amide bonds. The molecule has 0 bridgehead atoms. The summed E-state index contributed by atoms with van der Waals surface area (Å²) in [5.41, 5.74) is 2.49. The summed E-state index contributed by atoms with van der Waals surface area (Å²) in [6.45, 7) is 4.39. The number of hydrogen-bond acceptors (Lipinski definition) is 3. The number of hydrogen-bond donors (Lipinski definition) is 1. The third-order valence-corrected chi connectivity index (χ3v) is 3.54. The Balaban J connectivity index is 2.07. The first-order chi connectivity index (χ1) is 11.2. The van der Waals surface area contributed by atoms with Crippen molar-refractivity contribution in [2.24, 2.45) is 0 Å². The quantitative estimate of drug-likeness (QED) is 0.797. The molecule has 0 aliphatic rings. The normalized spacial score (nSPS) is 10.2. The largest absolute Gasteiger partial charge is 0.492 e. The predicted molar refractivity (Wildman–Crippen MR) is 90.8 cm³/mol. The molecule has 0 saturated heterocycles. The van der Waals surface area contributed by atoms with E-state index in [1.165, 1.54) is 0 Å². The van der Waals surface area contributed by atoms with Crippen LogP contribution in [0.2, 0.25) is 0 Å². The van der Waals surface area contributed by atoms with Gasteiger partial charge in [0.1, 0.15) is 5.75 Å². The molecule has 0 aliphatic heterocycles. The van der Waals surface area contributed by atoms with Gasteiger partial charge in [-0.3, -0.25) is 9.59 Å². The average Bonchev–Trinajstić information content (AvgIpc) is 2.57. The maximum absolute atomic E-state index is 12.2.